The van der Waals surface area contributed by atoms with Crippen LogP contribution < -0.4 is 0 Å². The van der Waals surface area contributed by atoms with Crippen LogP contribution in [0.5, 0.6) is 0 Å². The Morgan fingerprint density at radius 1 is 1.45 bits per heavy atom. The Kier molecular flexibility index (Phi) is 6.11. The lowest BCUT2D eigenvalue weighted by Crippen LogP contribution is -2.14. The highest BCUT2D eigenvalue weighted by atomic mass is 35.5. The Morgan fingerprint density at radius 2 is 2.00 bits per heavy atom. The normalized spacial score (nSPS) is 13.2. The summed E-state index contributed by atoms with van der Waals surface area (Å²) in [7, 11) is 0. The molecule has 0 bridgehead atoms. The number of rotatable bonds is 4. The molecule has 0 spiro atoms. The van der Waals surface area contributed by atoms with Crippen LogP contribution in [0.2, 0.25) is 0 Å². The van der Waals surface area contributed by atoms with Crippen LogP contribution in [0, 0.1) is 0 Å². The summed E-state index contributed by atoms with van der Waals surface area (Å²) in [4.78, 5) is 9.50. The molecule has 0 radical (unpaired) electrons. The van der Waals surface area contributed by atoms with Crippen LogP contribution >= 0.6 is 34.8 Å². The number of hydrogen-bond donors (Lipinski definition) is 0. The SMILES string of the molecule is CC(Cl)CCOC(=O)C(Cl)Cl. The van der Waals surface area contributed by atoms with Gasteiger partial charge in [-0.15, -0.1) is 11.6 Å². The highest BCUT2D eigenvalue weighted by molar-refractivity contribution is 6.52. The average molecular weight is 219 g/mol. The summed E-state index contributed by atoms with van der Waals surface area (Å²) in [5.74, 6) is -0.620. The highest BCUT2D eigenvalue weighted by Crippen LogP contribution is 2.05. The maximum absolute atomic E-state index is 10.6. The van der Waals surface area contributed by atoms with E-state index in [4.69, 9.17) is 34.8 Å². The molecule has 0 saturated carbocycles. The number of esters is 1. The summed E-state index contributed by atoms with van der Waals surface area (Å²) < 4.78 is 4.63. The molecule has 1 unspecified atom stereocenters. The second-order valence-electron chi connectivity index (χ2n) is 2.04. The number of carbonyl (C=O) groups excluding carboxylic acids is 1. The van der Waals surface area contributed by atoms with Crippen molar-refractivity contribution in [3.8, 4) is 0 Å². The predicted octanol–water partition coefficient (Wildman–Crippen LogP) is 2.35. The van der Waals surface area contributed by atoms with Gasteiger partial charge in [0.15, 0.2) is 0 Å². The molecule has 5 heteroatoms. The van der Waals surface area contributed by atoms with Crippen molar-refractivity contribution in [2.75, 3.05) is 6.61 Å². The molecule has 0 fully saturated rings. The van der Waals surface area contributed by atoms with Gasteiger partial charge in [0.25, 0.3) is 0 Å². The van der Waals surface area contributed by atoms with Crippen molar-refractivity contribution in [1.82, 2.24) is 0 Å². The number of ether oxygens (including phenoxy) is 1. The van der Waals surface area contributed by atoms with Gasteiger partial charge in [0.05, 0.1) is 6.61 Å². The molecular formula is C6H9Cl3O2. The van der Waals surface area contributed by atoms with E-state index in [2.05, 4.69) is 4.74 Å². The molecule has 11 heavy (non-hydrogen) atoms. The summed E-state index contributed by atoms with van der Waals surface area (Å²) in [5.41, 5.74) is 0. The van der Waals surface area contributed by atoms with Crippen molar-refractivity contribution < 1.29 is 9.53 Å². The summed E-state index contributed by atoms with van der Waals surface area (Å²) in [5, 5.41) is -0.00750. The number of halogens is 3. The molecule has 0 N–H and O–H groups in total. The van der Waals surface area contributed by atoms with Crippen LogP contribution in [-0.4, -0.2) is 22.8 Å². The Morgan fingerprint density at radius 3 is 2.36 bits per heavy atom. The largest absolute Gasteiger partial charge is 0.464 e. The summed E-state index contributed by atoms with van der Waals surface area (Å²) in [6.45, 7) is 2.08. The van der Waals surface area contributed by atoms with E-state index in [1.54, 1.807) is 0 Å². The van der Waals surface area contributed by atoms with Crippen LogP contribution in [0.3, 0.4) is 0 Å². The van der Waals surface area contributed by atoms with Crippen LogP contribution in [0.25, 0.3) is 0 Å². The molecule has 0 rings (SSSR count). The molecule has 0 aliphatic rings. The Labute approximate surface area is 80.7 Å². The van der Waals surface area contributed by atoms with Gasteiger partial charge < -0.3 is 4.74 Å². The molecule has 0 aromatic rings. The molecule has 0 saturated heterocycles. The molecule has 0 amide bonds. The van der Waals surface area contributed by atoms with Gasteiger partial charge in [0.2, 0.25) is 4.84 Å². The molecule has 0 heterocycles. The molecule has 66 valence electrons. The lowest BCUT2D eigenvalue weighted by Gasteiger charge is -2.05. The smallest absolute Gasteiger partial charge is 0.339 e. The second kappa shape index (κ2) is 5.92. The van der Waals surface area contributed by atoms with Crippen molar-refractivity contribution in [2.45, 2.75) is 23.6 Å². The van der Waals surface area contributed by atoms with Gasteiger partial charge >= 0.3 is 5.97 Å². The standard InChI is InChI=1S/C6H9Cl3O2/c1-4(7)2-3-11-6(10)5(8)9/h4-5H,2-3H2,1H3. The van der Waals surface area contributed by atoms with Gasteiger partial charge in [-0.25, -0.2) is 4.79 Å². The zero-order chi connectivity index (χ0) is 8.85. The molecule has 1 atom stereocenters. The van der Waals surface area contributed by atoms with E-state index in [0.717, 1.165) is 0 Å². The van der Waals surface area contributed by atoms with Crippen LogP contribution in [0.4, 0.5) is 0 Å². The van der Waals surface area contributed by atoms with Gasteiger partial charge in [-0.05, 0) is 13.3 Å². The van der Waals surface area contributed by atoms with Crippen molar-refractivity contribution in [3.05, 3.63) is 0 Å². The zero-order valence-corrected chi connectivity index (χ0v) is 8.29. The molecular weight excluding hydrogens is 210 g/mol. The summed E-state index contributed by atoms with van der Waals surface area (Å²) in [6, 6.07) is 0. The van der Waals surface area contributed by atoms with E-state index in [9.17, 15) is 4.79 Å². The van der Waals surface area contributed by atoms with Crippen molar-refractivity contribution in [3.63, 3.8) is 0 Å². The highest BCUT2D eigenvalue weighted by Gasteiger charge is 2.12. The fourth-order valence-corrected chi connectivity index (χ4v) is 0.600. The zero-order valence-electron chi connectivity index (χ0n) is 6.02. The predicted molar refractivity (Wildman–Crippen MR) is 46.4 cm³/mol. The maximum Gasteiger partial charge on any atom is 0.339 e. The molecule has 0 aliphatic carbocycles. The van der Waals surface area contributed by atoms with E-state index in [1.807, 2.05) is 6.92 Å². The van der Waals surface area contributed by atoms with Crippen LogP contribution in [0.15, 0.2) is 0 Å². The van der Waals surface area contributed by atoms with E-state index in [0.29, 0.717) is 6.42 Å². The molecule has 0 aromatic heterocycles. The number of carbonyl (C=O) groups is 1. The Hall–Kier alpha value is 0.340. The minimum absolute atomic E-state index is 0.00750. The van der Waals surface area contributed by atoms with Crippen molar-refractivity contribution in [2.24, 2.45) is 0 Å². The van der Waals surface area contributed by atoms with Crippen LogP contribution in [0.1, 0.15) is 13.3 Å². The van der Waals surface area contributed by atoms with Gasteiger partial charge in [-0.2, -0.15) is 0 Å². The maximum atomic E-state index is 10.6. The number of alkyl halides is 3. The topological polar surface area (TPSA) is 26.3 Å². The fourth-order valence-electron chi connectivity index (χ4n) is 0.385. The first kappa shape index (κ1) is 11.3. The molecule has 0 aromatic carbocycles. The first-order valence-electron chi connectivity index (χ1n) is 3.13. The van der Waals surface area contributed by atoms with E-state index >= 15 is 0 Å². The third-order valence-corrected chi connectivity index (χ3v) is 1.51. The summed E-state index contributed by atoms with van der Waals surface area (Å²) in [6.07, 6.45) is 0.605. The lowest BCUT2D eigenvalue weighted by atomic mass is 10.3. The minimum Gasteiger partial charge on any atom is -0.464 e. The Bertz CT molecular complexity index is 125. The second-order valence-corrected chi connectivity index (χ2v) is 3.88. The molecule has 0 aliphatic heterocycles. The summed E-state index contributed by atoms with van der Waals surface area (Å²) >= 11 is 16.0. The minimum atomic E-state index is -1.10. The van der Waals surface area contributed by atoms with E-state index in [-0.39, 0.29) is 12.0 Å². The first-order valence-corrected chi connectivity index (χ1v) is 4.44. The van der Waals surface area contributed by atoms with Crippen LogP contribution in [-0.2, 0) is 9.53 Å². The quantitative estimate of drug-likeness (QED) is 0.536. The molecule has 2 nitrogen and oxygen atoms in total. The monoisotopic (exact) mass is 218 g/mol. The van der Waals surface area contributed by atoms with Crippen molar-refractivity contribution >= 4 is 40.8 Å². The van der Waals surface area contributed by atoms with E-state index < -0.39 is 10.8 Å². The van der Waals surface area contributed by atoms with Gasteiger partial charge in [-0.3, -0.25) is 0 Å². The number of hydrogen-bond acceptors (Lipinski definition) is 2. The van der Waals surface area contributed by atoms with E-state index in [1.165, 1.54) is 0 Å². The third kappa shape index (κ3) is 6.73. The Balaban J connectivity index is 3.32. The third-order valence-electron chi connectivity index (χ3n) is 0.938. The van der Waals surface area contributed by atoms with Crippen molar-refractivity contribution in [1.29, 1.82) is 0 Å². The van der Waals surface area contributed by atoms with Gasteiger partial charge in [-0.1, -0.05) is 23.2 Å². The fraction of sp³-hybridized carbons (Fsp3) is 0.833. The lowest BCUT2D eigenvalue weighted by molar-refractivity contribution is -0.141. The first-order chi connectivity index (χ1) is 5.04. The van der Waals surface area contributed by atoms with Gasteiger partial charge in [0, 0.05) is 5.38 Å². The van der Waals surface area contributed by atoms with Gasteiger partial charge in [0.1, 0.15) is 0 Å². The average Bonchev–Trinajstić information content (AvgIpc) is 1.86.